The summed E-state index contributed by atoms with van der Waals surface area (Å²) in [5.74, 6) is 0.590. The van der Waals surface area contributed by atoms with E-state index in [1.54, 1.807) is 10.7 Å². The largest absolute Gasteiger partial charge is 0.416 e. The van der Waals surface area contributed by atoms with E-state index in [4.69, 9.17) is 0 Å². The zero-order chi connectivity index (χ0) is 15.0. The van der Waals surface area contributed by atoms with E-state index in [1.165, 1.54) is 12.1 Å². The predicted octanol–water partition coefficient (Wildman–Crippen LogP) is 4.38. The lowest BCUT2D eigenvalue weighted by Crippen LogP contribution is -2.10. The number of hydrogen-bond donors (Lipinski definition) is 0. The Morgan fingerprint density at radius 2 is 2.05 bits per heavy atom. The Morgan fingerprint density at radius 1 is 1.24 bits per heavy atom. The molecule has 0 aliphatic carbocycles. The summed E-state index contributed by atoms with van der Waals surface area (Å²) in [5.41, 5.74) is 0.0299. The Morgan fingerprint density at radius 3 is 2.81 bits per heavy atom. The van der Waals surface area contributed by atoms with E-state index in [0.717, 1.165) is 37.7 Å². The van der Waals surface area contributed by atoms with E-state index in [9.17, 15) is 13.2 Å². The highest BCUT2D eigenvalue weighted by Gasteiger charge is 2.32. The zero-order valence-corrected chi connectivity index (χ0v) is 12.7. The molecule has 2 heterocycles. The molecular weight excluding hydrogens is 347 g/mol. The molecule has 0 spiro atoms. The van der Waals surface area contributed by atoms with Gasteiger partial charge in [-0.15, -0.1) is 5.10 Å². The SMILES string of the molecule is FC(F)(F)c1cccc(C2CCCCn3nc(Br)nc32)c1. The summed E-state index contributed by atoms with van der Waals surface area (Å²) < 4.78 is 40.9. The molecule has 0 amide bonds. The highest BCUT2D eigenvalue weighted by atomic mass is 79.9. The van der Waals surface area contributed by atoms with Crippen LogP contribution in [-0.4, -0.2) is 14.8 Å². The van der Waals surface area contributed by atoms with Gasteiger partial charge in [-0.25, -0.2) is 9.67 Å². The third-order valence-electron chi connectivity index (χ3n) is 3.72. The van der Waals surface area contributed by atoms with Gasteiger partial charge in [-0.1, -0.05) is 24.6 Å². The van der Waals surface area contributed by atoms with Gasteiger partial charge in [-0.2, -0.15) is 13.2 Å². The number of fused-ring (bicyclic) bond motifs is 1. The number of nitrogens with zero attached hydrogens (tertiary/aromatic N) is 3. The van der Waals surface area contributed by atoms with Gasteiger partial charge in [-0.05, 0) is 40.4 Å². The molecule has 0 radical (unpaired) electrons. The molecule has 1 aromatic carbocycles. The molecule has 0 N–H and O–H groups in total. The minimum Gasteiger partial charge on any atom is -0.248 e. The van der Waals surface area contributed by atoms with Crippen LogP contribution < -0.4 is 0 Å². The number of hydrogen-bond acceptors (Lipinski definition) is 2. The van der Waals surface area contributed by atoms with Crippen LogP contribution in [0.1, 0.15) is 42.1 Å². The lowest BCUT2D eigenvalue weighted by Gasteiger charge is -2.16. The highest BCUT2D eigenvalue weighted by molar-refractivity contribution is 9.10. The molecule has 0 fully saturated rings. The van der Waals surface area contributed by atoms with E-state index in [1.807, 2.05) is 0 Å². The van der Waals surface area contributed by atoms with Gasteiger partial charge in [0.1, 0.15) is 5.82 Å². The Bertz CT molecular complexity index is 651. The molecule has 1 aliphatic heterocycles. The normalized spacial score (nSPS) is 19.1. The molecule has 0 bridgehead atoms. The number of benzene rings is 1. The molecule has 112 valence electrons. The summed E-state index contributed by atoms with van der Waals surface area (Å²) in [6, 6.07) is 5.51. The number of halogens is 4. The molecule has 7 heteroatoms. The van der Waals surface area contributed by atoms with Crippen molar-refractivity contribution >= 4 is 15.9 Å². The summed E-state index contributed by atoms with van der Waals surface area (Å²) in [6.07, 6.45) is -1.64. The lowest BCUT2D eigenvalue weighted by atomic mass is 9.92. The van der Waals surface area contributed by atoms with Crippen molar-refractivity contribution in [3.63, 3.8) is 0 Å². The number of rotatable bonds is 1. The molecule has 1 unspecified atom stereocenters. The topological polar surface area (TPSA) is 30.7 Å². The maximum Gasteiger partial charge on any atom is 0.416 e. The van der Waals surface area contributed by atoms with Crippen molar-refractivity contribution in [3.8, 4) is 0 Å². The fourth-order valence-corrected chi connectivity index (χ4v) is 3.11. The van der Waals surface area contributed by atoms with E-state index in [2.05, 4.69) is 26.0 Å². The van der Waals surface area contributed by atoms with Gasteiger partial charge in [0, 0.05) is 12.5 Å². The molecule has 0 saturated carbocycles. The summed E-state index contributed by atoms with van der Waals surface area (Å²) in [5, 5.41) is 4.26. The first-order valence-corrected chi connectivity index (χ1v) is 7.52. The van der Waals surface area contributed by atoms with Crippen LogP contribution >= 0.6 is 15.9 Å². The Kier molecular flexibility index (Phi) is 3.77. The minimum absolute atomic E-state index is 0.145. The Labute approximate surface area is 128 Å². The molecular formula is C14H13BrF3N3. The first-order chi connectivity index (χ1) is 9.95. The molecule has 1 atom stereocenters. The van der Waals surface area contributed by atoms with Crippen molar-refractivity contribution < 1.29 is 13.2 Å². The van der Waals surface area contributed by atoms with Gasteiger partial charge < -0.3 is 0 Å². The summed E-state index contributed by atoms with van der Waals surface area (Å²) in [4.78, 5) is 4.35. The van der Waals surface area contributed by atoms with Crippen molar-refractivity contribution in [2.24, 2.45) is 0 Å². The summed E-state index contributed by atoms with van der Waals surface area (Å²) in [6.45, 7) is 0.753. The number of alkyl halides is 3. The molecule has 0 saturated heterocycles. The van der Waals surface area contributed by atoms with Crippen LogP contribution in [0.4, 0.5) is 13.2 Å². The molecule has 3 nitrogen and oxygen atoms in total. The first-order valence-electron chi connectivity index (χ1n) is 6.72. The predicted molar refractivity (Wildman–Crippen MR) is 74.9 cm³/mol. The second kappa shape index (κ2) is 5.44. The van der Waals surface area contributed by atoms with Crippen LogP contribution in [0, 0.1) is 0 Å². The van der Waals surface area contributed by atoms with Gasteiger partial charge in [0.05, 0.1) is 5.56 Å². The molecule has 1 aliphatic rings. The second-order valence-electron chi connectivity index (χ2n) is 5.13. The first kappa shape index (κ1) is 14.6. The number of aryl methyl sites for hydroxylation is 1. The summed E-state index contributed by atoms with van der Waals surface area (Å²) in [7, 11) is 0. The van der Waals surface area contributed by atoms with Crippen molar-refractivity contribution in [3.05, 3.63) is 46.0 Å². The quantitative estimate of drug-likeness (QED) is 0.756. The summed E-state index contributed by atoms with van der Waals surface area (Å²) >= 11 is 3.24. The molecule has 1 aromatic heterocycles. The molecule has 21 heavy (non-hydrogen) atoms. The standard InChI is InChI=1S/C14H13BrF3N3/c15-13-19-12-11(6-1-2-7-21(12)20-13)9-4-3-5-10(8-9)14(16,17)18/h3-5,8,11H,1-2,6-7H2. The van der Waals surface area contributed by atoms with Crippen molar-refractivity contribution in [2.45, 2.75) is 37.9 Å². The lowest BCUT2D eigenvalue weighted by molar-refractivity contribution is -0.137. The van der Waals surface area contributed by atoms with Crippen LogP contribution in [0.2, 0.25) is 0 Å². The maximum absolute atomic E-state index is 12.9. The van der Waals surface area contributed by atoms with Crippen LogP contribution in [0.15, 0.2) is 29.0 Å². The zero-order valence-electron chi connectivity index (χ0n) is 11.1. The minimum atomic E-state index is -4.32. The smallest absolute Gasteiger partial charge is 0.248 e. The fourth-order valence-electron chi connectivity index (χ4n) is 2.73. The van der Waals surface area contributed by atoms with Gasteiger partial charge in [0.25, 0.3) is 0 Å². The molecule has 3 rings (SSSR count). The second-order valence-corrected chi connectivity index (χ2v) is 5.84. The van der Waals surface area contributed by atoms with Gasteiger partial charge in [0.15, 0.2) is 0 Å². The van der Waals surface area contributed by atoms with Crippen LogP contribution in [0.5, 0.6) is 0 Å². The van der Waals surface area contributed by atoms with Gasteiger partial charge in [-0.3, -0.25) is 0 Å². The van der Waals surface area contributed by atoms with E-state index in [-0.39, 0.29) is 5.92 Å². The van der Waals surface area contributed by atoms with E-state index in [0.29, 0.717) is 10.3 Å². The van der Waals surface area contributed by atoms with E-state index < -0.39 is 11.7 Å². The van der Waals surface area contributed by atoms with Crippen LogP contribution in [-0.2, 0) is 12.7 Å². The van der Waals surface area contributed by atoms with Gasteiger partial charge >= 0.3 is 6.18 Å². The maximum atomic E-state index is 12.9. The Balaban J connectivity index is 2.03. The third kappa shape index (κ3) is 2.97. The van der Waals surface area contributed by atoms with Gasteiger partial charge in [0.2, 0.25) is 4.73 Å². The monoisotopic (exact) mass is 359 g/mol. The van der Waals surface area contributed by atoms with E-state index >= 15 is 0 Å². The molecule has 2 aromatic rings. The number of aromatic nitrogens is 3. The van der Waals surface area contributed by atoms with Crippen molar-refractivity contribution in [1.82, 2.24) is 14.8 Å². The highest BCUT2D eigenvalue weighted by Crippen LogP contribution is 2.36. The fraction of sp³-hybridized carbons (Fsp3) is 0.429. The average Bonchev–Trinajstić information content (AvgIpc) is 2.68. The van der Waals surface area contributed by atoms with Crippen LogP contribution in [0.3, 0.4) is 0 Å². The van der Waals surface area contributed by atoms with Crippen molar-refractivity contribution in [2.75, 3.05) is 0 Å². The van der Waals surface area contributed by atoms with Crippen LogP contribution in [0.25, 0.3) is 0 Å². The van der Waals surface area contributed by atoms with Crippen molar-refractivity contribution in [1.29, 1.82) is 0 Å². The Hall–Kier alpha value is -1.37. The third-order valence-corrected chi connectivity index (χ3v) is 4.05. The average molecular weight is 360 g/mol.